The first-order chi connectivity index (χ1) is 6.93. The third-order valence-corrected chi connectivity index (χ3v) is 4.38. The Morgan fingerprint density at radius 2 is 1.60 bits per heavy atom. The molecule has 1 heteroatoms. The van der Waals surface area contributed by atoms with E-state index < -0.39 is 0 Å². The molecule has 0 N–H and O–H groups in total. The Labute approximate surface area is 93.6 Å². The van der Waals surface area contributed by atoms with Gasteiger partial charge in [0.2, 0.25) is 0 Å². The molecule has 2 aliphatic rings. The average Bonchev–Trinajstić information content (AvgIpc) is 2.13. The maximum absolute atomic E-state index is 12.1. The van der Waals surface area contributed by atoms with Crippen LogP contribution in [0.1, 0.15) is 65.7 Å². The van der Waals surface area contributed by atoms with Crippen molar-refractivity contribution >= 4 is 5.78 Å². The number of hydrogen-bond acceptors (Lipinski definition) is 1. The zero-order valence-corrected chi connectivity index (χ0v) is 10.4. The van der Waals surface area contributed by atoms with Crippen LogP contribution in [0.25, 0.3) is 0 Å². The van der Waals surface area contributed by atoms with Gasteiger partial charge in [-0.3, -0.25) is 4.79 Å². The zero-order chi connectivity index (χ0) is 11.1. The fourth-order valence-electron chi connectivity index (χ4n) is 3.49. The molecule has 0 bridgehead atoms. The lowest BCUT2D eigenvalue weighted by Gasteiger charge is -2.51. The molecular weight excluding hydrogens is 184 g/mol. The van der Waals surface area contributed by atoms with Crippen LogP contribution >= 0.6 is 0 Å². The Balaban J connectivity index is 1.89. The molecule has 2 rings (SSSR count). The number of rotatable bonds is 1. The van der Waals surface area contributed by atoms with Crippen LogP contribution in [-0.2, 0) is 4.79 Å². The van der Waals surface area contributed by atoms with Gasteiger partial charge in [0.05, 0.1) is 0 Å². The maximum Gasteiger partial charge on any atom is 0.141 e. The summed E-state index contributed by atoms with van der Waals surface area (Å²) in [7, 11) is 0. The van der Waals surface area contributed by atoms with Gasteiger partial charge in [0, 0.05) is 11.3 Å². The molecule has 0 aromatic rings. The molecule has 2 fully saturated rings. The van der Waals surface area contributed by atoms with Crippen LogP contribution in [0.3, 0.4) is 0 Å². The number of carbonyl (C=O) groups is 1. The Bertz CT molecular complexity index is 245. The minimum atomic E-state index is -0.124. The highest BCUT2D eigenvalue weighted by Gasteiger charge is 2.48. The first-order valence-electron chi connectivity index (χ1n) is 6.47. The van der Waals surface area contributed by atoms with E-state index in [1.54, 1.807) is 0 Å². The molecule has 1 nitrogen and oxygen atoms in total. The van der Waals surface area contributed by atoms with Crippen LogP contribution in [0.5, 0.6) is 0 Å². The molecule has 1 spiro atoms. The summed E-state index contributed by atoms with van der Waals surface area (Å²) in [6.07, 6.45) is 9.39. The molecule has 0 atom stereocenters. The molecule has 15 heavy (non-hydrogen) atoms. The van der Waals surface area contributed by atoms with Crippen LogP contribution in [0.4, 0.5) is 0 Å². The second-order valence-corrected chi connectivity index (χ2v) is 6.78. The van der Waals surface area contributed by atoms with Crippen molar-refractivity contribution in [1.29, 1.82) is 0 Å². The van der Waals surface area contributed by atoms with Gasteiger partial charge in [-0.2, -0.15) is 0 Å². The zero-order valence-electron chi connectivity index (χ0n) is 10.4. The van der Waals surface area contributed by atoms with Crippen molar-refractivity contribution in [2.24, 2.45) is 16.7 Å². The Kier molecular flexibility index (Phi) is 2.68. The SMILES string of the molecule is CC(C)(C)C(=O)C1CC2(CCCCC2)C1. The standard InChI is InChI=1S/C14H24O/c1-13(2,3)12(15)11-9-14(10-11)7-5-4-6-8-14/h11H,4-10H2,1-3H3. The third-order valence-electron chi connectivity index (χ3n) is 4.38. The summed E-state index contributed by atoms with van der Waals surface area (Å²) >= 11 is 0. The van der Waals surface area contributed by atoms with Gasteiger partial charge >= 0.3 is 0 Å². The summed E-state index contributed by atoms with van der Waals surface area (Å²) in [5.74, 6) is 0.891. The van der Waals surface area contributed by atoms with E-state index in [9.17, 15) is 4.79 Å². The van der Waals surface area contributed by atoms with E-state index in [-0.39, 0.29) is 5.41 Å². The van der Waals surface area contributed by atoms with Gasteiger partial charge in [0.25, 0.3) is 0 Å². The van der Waals surface area contributed by atoms with E-state index in [0.717, 1.165) is 0 Å². The van der Waals surface area contributed by atoms with Gasteiger partial charge in [-0.25, -0.2) is 0 Å². The number of carbonyl (C=O) groups excluding carboxylic acids is 1. The van der Waals surface area contributed by atoms with E-state index >= 15 is 0 Å². The molecule has 0 unspecified atom stereocenters. The van der Waals surface area contributed by atoms with Crippen molar-refractivity contribution in [2.45, 2.75) is 65.7 Å². The van der Waals surface area contributed by atoms with Gasteiger partial charge in [0.15, 0.2) is 0 Å². The smallest absolute Gasteiger partial charge is 0.141 e. The molecule has 0 aromatic carbocycles. The molecule has 86 valence electrons. The average molecular weight is 208 g/mol. The lowest BCUT2D eigenvalue weighted by molar-refractivity contribution is -0.139. The summed E-state index contributed by atoms with van der Waals surface area (Å²) in [5.41, 5.74) is 0.477. The van der Waals surface area contributed by atoms with Crippen LogP contribution in [-0.4, -0.2) is 5.78 Å². The van der Waals surface area contributed by atoms with Gasteiger partial charge in [-0.1, -0.05) is 40.0 Å². The van der Waals surface area contributed by atoms with Crippen LogP contribution in [0.15, 0.2) is 0 Å². The number of hydrogen-bond donors (Lipinski definition) is 0. The van der Waals surface area contributed by atoms with Crippen molar-refractivity contribution < 1.29 is 4.79 Å². The summed E-state index contributed by atoms with van der Waals surface area (Å²) in [6.45, 7) is 6.17. The van der Waals surface area contributed by atoms with Gasteiger partial charge in [-0.05, 0) is 31.1 Å². The highest BCUT2D eigenvalue weighted by molar-refractivity contribution is 5.86. The van der Waals surface area contributed by atoms with Crippen LogP contribution < -0.4 is 0 Å². The highest BCUT2D eigenvalue weighted by atomic mass is 16.1. The van der Waals surface area contributed by atoms with E-state index in [1.165, 1.54) is 44.9 Å². The summed E-state index contributed by atoms with van der Waals surface area (Å²) < 4.78 is 0. The van der Waals surface area contributed by atoms with Crippen LogP contribution in [0, 0.1) is 16.7 Å². The summed E-state index contributed by atoms with van der Waals surface area (Å²) in [6, 6.07) is 0. The second-order valence-electron chi connectivity index (χ2n) is 6.78. The number of Topliss-reactive ketones (excluding diaryl/α,β-unsaturated/α-hetero) is 1. The summed E-state index contributed by atoms with van der Waals surface area (Å²) in [5, 5.41) is 0. The normalized spacial score (nSPS) is 26.3. The van der Waals surface area contributed by atoms with Crippen molar-refractivity contribution in [1.82, 2.24) is 0 Å². The molecule has 0 amide bonds. The minimum Gasteiger partial charge on any atom is -0.299 e. The largest absolute Gasteiger partial charge is 0.299 e. The Hall–Kier alpha value is -0.330. The predicted octanol–water partition coefficient (Wildman–Crippen LogP) is 3.96. The monoisotopic (exact) mass is 208 g/mol. The van der Waals surface area contributed by atoms with E-state index in [0.29, 0.717) is 17.1 Å². The molecule has 0 aliphatic heterocycles. The first kappa shape index (κ1) is 11.2. The van der Waals surface area contributed by atoms with Gasteiger partial charge in [-0.15, -0.1) is 0 Å². The minimum absolute atomic E-state index is 0.124. The van der Waals surface area contributed by atoms with E-state index in [1.807, 2.05) is 0 Å². The lowest BCUT2D eigenvalue weighted by atomic mass is 9.53. The fraction of sp³-hybridized carbons (Fsp3) is 0.929. The Morgan fingerprint density at radius 3 is 2.07 bits per heavy atom. The van der Waals surface area contributed by atoms with Gasteiger partial charge < -0.3 is 0 Å². The topological polar surface area (TPSA) is 17.1 Å². The van der Waals surface area contributed by atoms with Gasteiger partial charge in [0.1, 0.15) is 5.78 Å². The Morgan fingerprint density at radius 1 is 1.07 bits per heavy atom. The van der Waals surface area contributed by atoms with Crippen LogP contribution in [0.2, 0.25) is 0 Å². The third kappa shape index (κ3) is 2.11. The summed E-state index contributed by atoms with van der Waals surface area (Å²) in [4.78, 5) is 12.1. The quantitative estimate of drug-likeness (QED) is 0.637. The number of ketones is 1. The molecule has 0 radical (unpaired) electrons. The fourth-order valence-corrected chi connectivity index (χ4v) is 3.49. The molecule has 0 heterocycles. The molecule has 0 saturated heterocycles. The highest BCUT2D eigenvalue weighted by Crippen LogP contribution is 2.56. The molecular formula is C14H24O. The van der Waals surface area contributed by atoms with Crippen molar-refractivity contribution in [3.8, 4) is 0 Å². The van der Waals surface area contributed by atoms with Crippen molar-refractivity contribution in [3.63, 3.8) is 0 Å². The maximum atomic E-state index is 12.1. The molecule has 0 aromatic heterocycles. The van der Waals surface area contributed by atoms with E-state index in [4.69, 9.17) is 0 Å². The van der Waals surface area contributed by atoms with Crippen molar-refractivity contribution in [2.75, 3.05) is 0 Å². The molecule has 2 saturated carbocycles. The van der Waals surface area contributed by atoms with Crippen molar-refractivity contribution in [3.05, 3.63) is 0 Å². The molecule has 2 aliphatic carbocycles. The predicted molar refractivity (Wildman–Crippen MR) is 62.7 cm³/mol. The second kappa shape index (κ2) is 3.61. The lowest BCUT2D eigenvalue weighted by Crippen LogP contribution is -2.45. The first-order valence-corrected chi connectivity index (χ1v) is 6.47. The van der Waals surface area contributed by atoms with E-state index in [2.05, 4.69) is 20.8 Å².